The Hall–Kier alpha value is -2.17. The van der Waals surface area contributed by atoms with Crippen molar-refractivity contribution >= 4 is 17.7 Å². The summed E-state index contributed by atoms with van der Waals surface area (Å²) in [6, 6.07) is -0.235. The SMILES string of the molecule is CSCCn1nnnc1C(NCC(F)=C(C)C)C(C)(C)C=C=C(C)C.O=C(O)C(F)(F)F. The molecule has 0 radical (unpaired) electrons. The Morgan fingerprint density at radius 1 is 1.28 bits per heavy atom. The molecule has 1 aromatic heterocycles. The number of tetrazole rings is 1. The Kier molecular flexibility index (Phi) is 12.5. The molecule has 7 nitrogen and oxygen atoms in total. The number of nitrogens with one attached hydrogen (secondary N) is 1. The van der Waals surface area contributed by atoms with Crippen LogP contribution in [0, 0.1) is 5.41 Å². The van der Waals surface area contributed by atoms with Crippen molar-refractivity contribution in [3.63, 3.8) is 0 Å². The molecule has 0 aromatic carbocycles. The van der Waals surface area contributed by atoms with E-state index in [4.69, 9.17) is 9.90 Å². The number of rotatable bonds is 9. The second kappa shape index (κ2) is 13.4. The fourth-order valence-electron chi connectivity index (χ4n) is 2.22. The van der Waals surface area contributed by atoms with Crippen molar-refractivity contribution in [2.45, 2.75) is 60.3 Å². The number of allylic oxidation sites excluding steroid dienone is 1. The second-order valence-corrected chi connectivity index (χ2v) is 8.87. The number of carboxylic acid groups (broad SMARTS) is 1. The summed E-state index contributed by atoms with van der Waals surface area (Å²) < 4.78 is 47.6. The third-order valence-electron chi connectivity index (χ3n) is 4.05. The van der Waals surface area contributed by atoms with Crippen LogP contribution in [0.4, 0.5) is 17.6 Å². The number of carboxylic acids is 1. The highest BCUT2D eigenvalue weighted by molar-refractivity contribution is 7.98. The van der Waals surface area contributed by atoms with Gasteiger partial charge in [0.2, 0.25) is 0 Å². The standard InChI is InChI=1S/C18H30FN5S.C2HF3O2/c1-13(2)8-9-18(5,6)16(20-12-15(19)14(3)4)17-21-22-23-24(17)10-11-25-7;3-2(4,5)1(6)7/h9,16,20H,10-12H2,1-7H3;(H,6,7). The highest BCUT2D eigenvalue weighted by Gasteiger charge is 2.38. The van der Waals surface area contributed by atoms with E-state index in [1.165, 1.54) is 0 Å². The first-order valence-electron chi connectivity index (χ1n) is 9.64. The number of hydrogen-bond donors (Lipinski definition) is 2. The van der Waals surface area contributed by atoms with Gasteiger partial charge in [0.15, 0.2) is 5.82 Å². The van der Waals surface area contributed by atoms with Gasteiger partial charge in [0.05, 0.1) is 12.6 Å². The molecule has 0 aliphatic heterocycles. The minimum atomic E-state index is -5.08. The van der Waals surface area contributed by atoms with E-state index >= 15 is 0 Å². The molecule has 1 aromatic rings. The van der Waals surface area contributed by atoms with Crippen molar-refractivity contribution in [3.8, 4) is 0 Å². The van der Waals surface area contributed by atoms with Gasteiger partial charge in [0.1, 0.15) is 5.83 Å². The Bertz CT molecular complexity index is 835. The first kappa shape index (κ1) is 29.8. The number of aliphatic carboxylic acids is 1. The van der Waals surface area contributed by atoms with Crippen LogP contribution in [0.1, 0.15) is 53.4 Å². The fraction of sp³-hybridized carbons (Fsp3) is 0.650. The van der Waals surface area contributed by atoms with Crippen molar-refractivity contribution in [2.75, 3.05) is 18.6 Å². The highest BCUT2D eigenvalue weighted by Crippen LogP contribution is 2.33. The largest absolute Gasteiger partial charge is 0.490 e. The Labute approximate surface area is 190 Å². The van der Waals surface area contributed by atoms with Crippen LogP contribution in [0.2, 0.25) is 0 Å². The number of aromatic nitrogens is 4. The normalized spacial score (nSPS) is 12.2. The predicted octanol–water partition coefficient (Wildman–Crippen LogP) is 4.71. The van der Waals surface area contributed by atoms with E-state index in [9.17, 15) is 17.6 Å². The highest BCUT2D eigenvalue weighted by atomic mass is 32.2. The van der Waals surface area contributed by atoms with E-state index in [0.29, 0.717) is 11.4 Å². The Morgan fingerprint density at radius 3 is 2.28 bits per heavy atom. The van der Waals surface area contributed by atoms with E-state index in [2.05, 4.69) is 40.4 Å². The van der Waals surface area contributed by atoms with E-state index in [1.807, 2.05) is 26.2 Å². The van der Waals surface area contributed by atoms with Gasteiger partial charge in [-0.3, -0.25) is 0 Å². The molecule has 32 heavy (non-hydrogen) atoms. The molecule has 12 heteroatoms. The summed E-state index contributed by atoms with van der Waals surface area (Å²) in [6.07, 6.45) is -1.03. The van der Waals surface area contributed by atoms with Crippen molar-refractivity contribution in [3.05, 3.63) is 34.6 Å². The van der Waals surface area contributed by atoms with Gasteiger partial charge < -0.3 is 10.4 Å². The zero-order valence-corrected chi connectivity index (χ0v) is 20.2. The predicted molar refractivity (Wildman–Crippen MR) is 117 cm³/mol. The van der Waals surface area contributed by atoms with Crippen LogP contribution in [-0.4, -0.2) is 56.0 Å². The summed E-state index contributed by atoms with van der Waals surface area (Å²) >= 11 is 1.74. The first-order chi connectivity index (χ1) is 14.6. The number of halogens is 4. The van der Waals surface area contributed by atoms with E-state index in [-0.39, 0.29) is 23.8 Å². The van der Waals surface area contributed by atoms with E-state index in [1.54, 1.807) is 30.3 Å². The van der Waals surface area contributed by atoms with Crippen molar-refractivity contribution < 1.29 is 27.5 Å². The van der Waals surface area contributed by atoms with Crippen LogP contribution in [0.25, 0.3) is 0 Å². The van der Waals surface area contributed by atoms with Crippen LogP contribution in [-0.2, 0) is 11.3 Å². The van der Waals surface area contributed by atoms with Crippen LogP contribution < -0.4 is 5.32 Å². The molecular formula is C20H31F4N5O2S. The summed E-state index contributed by atoms with van der Waals surface area (Å²) in [4.78, 5) is 8.90. The molecule has 1 rings (SSSR count). The van der Waals surface area contributed by atoms with Crippen molar-refractivity contribution in [1.29, 1.82) is 0 Å². The van der Waals surface area contributed by atoms with Gasteiger partial charge in [-0.05, 0) is 61.6 Å². The monoisotopic (exact) mass is 481 g/mol. The summed E-state index contributed by atoms with van der Waals surface area (Å²) in [5.41, 5.74) is 4.68. The molecule has 1 unspecified atom stereocenters. The summed E-state index contributed by atoms with van der Waals surface area (Å²) in [6.45, 7) is 12.6. The number of alkyl halides is 3. The molecule has 182 valence electrons. The lowest BCUT2D eigenvalue weighted by atomic mass is 9.83. The zero-order chi connectivity index (χ0) is 25.1. The summed E-state index contributed by atoms with van der Waals surface area (Å²) in [7, 11) is 0. The maximum Gasteiger partial charge on any atom is 0.490 e. The van der Waals surface area contributed by atoms with Crippen molar-refractivity contribution in [2.24, 2.45) is 5.41 Å². The number of nitrogens with zero attached hydrogens (tertiary/aromatic N) is 4. The van der Waals surface area contributed by atoms with Gasteiger partial charge in [-0.2, -0.15) is 24.9 Å². The van der Waals surface area contributed by atoms with Gasteiger partial charge in [0.25, 0.3) is 0 Å². The molecule has 0 aliphatic carbocycles. The smallest absolute Gasteiger partial charge is 0.475 e. The maximum absolute atomic E-state index is 14.1. The zero-order valence-electron chi connectivity index (χ0n) is 19.3. The number of aryl methyl sites for hydroxylation is 1. The van der Waals surface area contributed by atoms with Crippen LogP contribution >= 0.6 is 11.8 Å². The third-order valence-corrected chi connectivity index (χ3v) is 4.64. The first-order valence-corrected chi connectivity index (χ1v) is 11.0. The molecule has 0 spiro atoms. The Balaban J connectivity index is 0.00000118. The quantitative estimate of drug-likeness (QED) is 0.390. The van der Waals surface area contributed by atoms with Gasteiger partial charge in [-0.25, -0.2) is 13.9 Å². The molecule has 1 heterocycles. The molecule has 0 aliphatic rings. The van der Waals surface area contributed by atoms with Gasteiger partial charge in [0, 0.05) is 17.7 Å². The van der Waals surface area contributed by atoms with Gasteiger partial charge >= 0.3 is 12.1 Å². The van der Waals surface area contributed by atoms with Crippen LogP contribution in [0.3, 0.4) is 0 Å². The van der Waals surface area contributed by atoms with Crippen LogP contribution in [0.15, 0.2) is 28.8 Å². The van der Waals surface area contributed by atoms with E-state index in [0.717, 1.165) is 17.9 Å². The lowest BCUT2D eigenvalue weighted by Gasteiger charge is -2.31. The average molecular weight is 482 g/mol. The molecule has 0 saturated heterocycles. The Morgan fingerprint density at radius 2 is 1.84 bits per heavy atom. The maximum atomic E-state index is 14.1. The molecule has 0 amide bonds. The van der Waals surface area contributed by atoms with Crippen molar-refractivity contribution in [1.82, 2.24) is 25.5 Å². The summed E-state index contributed by atoms with van der Waals surface area (Å²) in [5, 5.41) is 22.6. The van der Waals surface area contributed by atoms with E-state index < -0.39 is 12.1 Å². The van der Waals surface area contributed by atoms with Crippen LogP contribution in [0.5, 0.6) is 0 Å². The average Bonchev–Trinajstić information content (AvgIpc) is 3.12. The number of carbonyl (C=O) groups is 1. The molecule has 0 bridgehead atoms. The summed E-state index contributed by atoms with van der Waals surface area (Å²) in [5.74, 6) is -1.29. The molecule has 0 fully saturated rings. The molecule has 2 N–H and O–H groups in total. The third kappa shape index (κ3) is 10.9. The minimum absolute atomic E-state index is 0.147. The number of hydrogen-bond acceptors (Lipinski definition) is 6. The molecular weight excluding hydrogens is 450 g/mol. The minimum Gasteiger partial charge on any atom is -0.475 e. The molecule has 1 atom stereocenters. The lowest BCUT2D eigenvalue weighted by Crippen LogP contribution is -2.36. The number of thioether (sulfide) groups is 1. The fourth-order valence-corrected chi connectivity index (χ4v) is 2.58. The lowest BCUT2D eigenvalue weighted by molar-refractivity contribution is -0.192. The van der Waals surface area contributed by atoms with Gasteiger partial charge in [-0.1, -0.05) is 13.8 Å². The van der Waals surface area contributed by atoms with Gasteiger partial charge in [-0.15, -0.1) is 10.8 Å². The molecule has 0 saturated carbocycles. The topological polar surface area (TPSA) is 92.9 Å². The second-order valence-electron chi connectivity index (χ2n) is 7.88.